The molecule has 0 unspecified atom stereocenters. The van der Waals surface area contributed by atoms with Gasteiger partial charge in [0.1, 0.15) is 11.7 Å². The molecule has 0 radical (unpaired) electrons. The van der Waals surface area contributed by atoms with Crippen LogP contribution in [0.25, 0.3) is 5.57 Å². The lowest BCUT2D eigenvalue weighted by molar-refractivity contribution is 0.467. The van der Waals surface area contributed by atoms with Gasteiger partial charge in [-0.05, 0) is 31.9 Å². The topological polar surface area (TPSA) is 15.3 Å². The molecule has 0 saturated heterocycles. The summed E-state index contributed by atoms with van der Waals surface area (Å²) in [6.07, 6.45) is 0.468. The van der Waals surface area contributed by atoms with E-state index in [0.717, 1.165) is 26.7 Å². The van der Waals surface area contributed by atoms with Crippen LogP contribution in [0.5, 0.6) is 0 Å². The maximum Gasteiger partial charge on any atom is 0.103 e. The van der Waals surface area contributed by atoms with Crippen molar-refractivity contribution in [3.8, 4) is 0 Å². The molecule has 1 heterocycles. The summed E-state index contributed by atoms with van der Waals surface area (Å²) in [4.78, 5) is 3.15. The van der Waals surface area contributed by atoms with Gasteiger partial charge in [-0.25, -0.2) is 4.39 Å². The first-order valence-corrected chi connectivity index (χ1v) is 7.87. The fourth-order valence-corrected chi connectivity index (χ4v) is 3.29. The second kappa shape index (κ2) is 8.95. The molecule has 0 saturated carbocycles. The third kappa shape index (κ3) is 5.25. The molecule has 2 nitrogen and oxygen atoms in total. The number of anilines is 1. The van der Waals surface area contributed by atoms with Crippen LogP contribution in [-0.4, -0.2) is 26.4 Å². The molecule has 1 aromatic rings. The highest BCUT2D eigenvalue weighted by molar-refractivity contribution is 7.16. The molecule has 1 rings (SSSR count). The molecule has 0 amide bonds. The zero-order valence-electron chi connectivity index (χ0n) is 12.8. The third-order valence-electron chi connectivity index (χ3n) is 3.02. The minimum absolute atomic E-state index is 0.345. The van der Waals surface area contributed by atoms with Gasteiger partial charge in [-0.2, -0.15) is 0 Å². The monoisotopic (exact) mass is 314 g/mol. The van der Waals surface area contributed by atoms with Crippen LogP contribution in [0.2, 0.25) is 0 Å². The van der Waals surface area contributed by atoms with Crippen molar-refractivity contribution in [1.29, 1.82) is 0 Å². The number of hydrogen-bond donors (Lipinski definition) is 1. The van der Waals surface area contributed by atoms with Crippen LogP contribution in [0.3, 0.4) is 0 Å². The molecule has 118 valence electrons. The number of halogens is 2. The molecule has 0 aliphatic heterocycles. The predicted octanol–water partition coefficient (Wildman–Crippen LogP) is 4.54. The van der Waals surface area contributed by atoms with Crippen LogP contribution in [0.4, 0.5) is 13.8 Å². The van der Waals surface area contributed by atoms with Gasteiger partial charge in [0.25, 0.3) is 0 Å². The second-order valence-electron chi connectivity index (χ2n) is 5.01. The summed E-state index contributed by atoms with van der Waals surface area (Å²) in [6, 6.07) is 2.07. The summed E-state index contributed by atoms with van der Waals surface area (Å²) in [5.41, 5.74) is 2.90. The minimum atomic E-state index is -0.375. The number of nitrogens with zero attached hydrogens (tertiary/aromatic N) is 1. The number of allylic oxidation sites excluding steroid dienone is 2. The SMILES string of the molecule is C=C(C)c1cc(CNCCF)sc1N(CCCF)C(=C)C. The molecule has 0 aliphatic rings. The lowest BCUT2D eigenvalue weighted by Crippen LogP contribution is -2.22. The first kappa shape index (κ1) is 17.9. The van der Waals surface area contributed by atoms with Gasteiger partial charge in [-0.15, -0.1) is 11.3 Å². The third-order valence-corrected chi connectivity index (χ3v) is 4.17. The molecule has 0 spiro atoms. The van der Waals surface area contributed by atoms with Gasteiger partial charge in [0, 0.05) is 35.8 Å². The Morgan fingerprint density at radius 2 is 2.00 bits per heavy atom. The Bertz CT molecular complexity index is 483. The van der Waals surface area contributed by atoms with Crippen molar-refractivity contribution in [1.82, 2.24) is 5.32 Å². The lowest BCUT2D eigenvalue weighted by atomic mass is 10.1. The quantitative estimate of drug-likeness (QED) is 0.638. The van der Waals surface area contributed by atoms with Crippen molar-refractivity contribution < 1.29 is 8.78 Å². The summed E-state index contributed by atoms with van der Waals surface area (Å²) in [5, 5.41) is 4.09. The average molecular weight is 314 g/mol. The van der Waals surface area contributed by atoms with Crippen LogP contribution in [0, 0.1) is 0 Å². The van der Waals surface area contributed by atoms with E-state index in [2.05, 4.69) is 24.5 Å². The van der Waals surface area contributed by atoms with Crippen molar-refractivity contribution in [2.24, 2.45) is 0 Å². The Labute approximate surface area is 130 Å². The fourth-order valence-electron chi connectivity index (χ4n) is 1.99. The maximum atomic E-state index is 12.5. The Kier molecular flexibility index (Phi) is 7.61. The van der Waals surface area contributed by atoms with Crippen molar-refractivity contribution >= 4 is 21.9 Å². The zero-order valence-corrected chi connectivity index (χ0v) is 13.7. The van der Waals surface area contributed by atoms with E-state index < -0.39 is 0 Å². The standard InChI is InChI=1S/C16H24F2N2S/c1-12(2)15-10-14(11-19-8-7-18)21-16(15)20(13(3)4)9-5-6-17/h10,19H,1,3,5-9,11H2,2,4H3. The summed E-state index contributed by atoms with van der Waals surface area (Å²) in [6.45, 7) is 12.7. The highest BCUT2D eigenvalue weighted by atomic mass is 32.1. The second-order valence-corrected chi connectivity index (χ2v) is 6.12. The number of rotatable bonds is 10. The molecule has 5 heteroatoms. The van der Waals surface area contributed by atoms with Gasteiger partial charge in [-0.3, -0.25) is 4.39 Å². The van der Waals surface area contributed by atoms with E-state index in [1.807, 2.05) is 18.7 Å². The smallest absolute Gasteiger partial charge is 0.103 e. The Hall–Kier alpha value is -1.20. The number of nitrogens with one attached hydrogen (secondary N) is 1. The van der Waals surface area contributed by atoms with Crippen molar-refractivity contribution in [2.75, 3.05) is 31.3 Å². The van der Waals surface area contributed by atoms with E-state index in [1.165, 1.54) is 0 Å². The molecule has 1 aromatic heterocycles. The van der Waals surface area contributed by atoms with Crippen molar-refractivity contribution in [3.63, 3.8) is 0 Å². The van der Waals surface area contributed by atoms with E-state index in [1.54, 1.807) is 11.3 Å². The Balaban J connectivity index is 3.00. The molecular formula is C16H24F2N2S. The summed E-state index contributed by atoms with van der Waals surface area (Å²) >= 11 is 1.62. The van der Waals surface area contributed by atoms with Gasteiger partial charge >= 0.3 is 0 Å². The molecular weight excluding hydrogens is 290 g/mol. The van der Waals surface area contributed by atoms with E-state index >= 15 is 0 Å². The van der Waals surface area contributed by atoms with Crippen LogP contribution >= 0.6 is 11.3 Å². The highest BCUT2D eigenvalue weighted by Crippen LogP contribution is 2.37. The largest absolute Gasteiger partial charge is 0.337 e. The molecule has 21 heavy (non-hydrogen) atoms. The molecule has 0 aromatic carbocycles. The summed E-state index contributed by atoms with van der Waals surface area (Å²) < 4.78 is 24.6. The van der Waals surface area contributed by atoms with Gasteiger partial charge in [0.05, 0.1) is 6.67 Å². The lowest BCUT2D eigenvalue weighted by Gasteiger charge is -2.24. The highest BCUT2D eigenvalue weighted by Gasteiger charge is 2.16. The van der Waals surface area contributed by atoms with Crippen LogP contribution < -0.4 is 10.2 Å². The minimum Gasteiger partial charge on any atom is -0.337 e. The number of alkyl halides is 2. The first-order chi connectivity index (χ1) is 10.0. The molecule has 1 N–H and O–H groups in total. The van der Waals surface area contributed by atoms with Crippen LogP contribution in [-0.2, 0) is 6.54 Å². The summed E-state index contributed by atoms with van der Waals surface area (Å²) in [7, 11) is 0. The van der Waals surface area contributed by atoms with Gasteiger partial charge in [0.2, 0.25) is 0 Å². The first-order valence-electron chi connectivity index (χ1n) is 7.05. The number of hydrogen-bond acceptors (Lipinski definition) is 3. The number of thiophene rings is 1. The van der Waals surface area contributed by atoms with Gasteiger partial charge < -0.3 is 10.2 Å². The van der Waals surface area contributed by atoms with Crippen molar-refractivity contribution in [3.05, 3.63) is 35.4 Å². The van der Waals surface area contributed by atoms with Gasteiger partial charge in [0.15, 0.2) is 0 Å². The predicted molar refractivity (Wildman–Crippen MR) is 89.5 cm³/mol. The zero-order chi connectivity index (χ0) is 15.8. The van der Waals surface area contributed by atoms with E-state index in [0.29, 0.717) is 26.1 Å². The summed E-state index contributed by atoms with van der Waals surface area (Å²) in [5.74, 6) is 0. The van der Waals surface area contributed by atoms with E-state index in [-0.39, 0.29) is 13.3 Å². The fraction of sp³-hybridized carbons (Fsp3) is 0.500. The molecule has 0 aliphatic carbocycles. The average Bonchev–Trinajstić information content (AvgIpc) is 2.83. The van der Waals surface area contributed by atoms with Gasteiger partial charge in [-0.1, -0.05) is 13.2 Å². The van der Waals surface area contributed by atoms with Crippen LogP contribution in [0.1, 0.15) is 30.7 Å². The maximum absolute atomic E-state index is 12.5. The molecule has 0 bridgehead atoms. The van der Waals surface area contributed by atoms with Crippen LogP contribution in [0.15, 0.2) is 24.9 Å². The Morgan fingerprint density at radius 3 is 2.52 bits per heavy atom. The van der Waals surface area contributed by atoms with Crippen molar-refractivity contribution in [2.45, 2.75) is 26.8 Å². The van der Waals surface area contributed by atoms with E-state index in [9.17, 15) is 8.78 Å². The van der Waals surface area contributed by atoms with E-state index in [4.69, 9.17) is 0 Å². The molecule has 0 atom stereocenters. The normalized spacial score (nSPS) is 10.7. The molecule has 0 fully saturated rings. The Morgan fingerprint density at radius 1 is 1.29 bits per heavy atom.